The highest BCUT2D eigenvalue weighted by molar-refractivity contribution is 8.00. The Hall–Kier alpha value is -0.580. The summed E-state index contributed by atoms with van der Waals surface area (Å²) in [5.74, 6) is 1.05. The second kappa shape index (κ2) is 6.92. The standard InChI is InChI=1S/C16H25FN2S/c1-16(2)12-19(10-11-20-16)9-8-15(18-3)13-4-6-14(17)7-5-13/h4-7,15,18H,8-12H2,1-3H3. The molecule has 20 heavy (non-hydrogen) atoms. The first kappa shape index (κ1) is 15.8. The summed E-state index contributed by atoms with van der Waals surface area (Å²) in [5.41, 5.74) is 1.17. The Bertz CT molecular complexity index is 419. The third-order valence-corrected chi connectivity index (χ3v) is 5.16. The molecule has 0 radical (unpaired) electrons. The predicted molar refractivity (Wildman–Crippen MR) is 85.8 cm³/mol. The lowest BCUT2D eigenvalue weighted by atomic mass is 10.0. The van der Waals surface area contributed by atoms with Crippen LogP contribution in [0.1, 0.15) is 31.9 Å². The molecule has 1 aromatic rings. The van der Waals surface area contributed by atoms with Crippen LogP contribution in [-0.4, -0.2) is 42.1 Å². The topological polar surface area (TPSA) is 15.3 Å². The molecule has 1 N–H and O–H groups in total. The van der Waals surface area contributed by atoms with Gasteiger partial charge in [-0.25, -0.2) is 4.39 Å². The van der Waals surface area contributed by atoms with E-state index < -0.39 is 0 Å². The summed E-state index contributed by atoms with van der Waals surface area (Å²) in [6.45, 7) is 8.05. The van der Waals surface area contributed by atoms with Crippen LogP contribution in [0, 0.1) is 5.82 Å². The lowest BCUT2D eigenvalue weighted by Crippen LogP contribution is -2.44. The molecule has 0 amide bonds. The van der Waals surface area contributed by atoms with Gasteiger partial charge in [-0.1, -0.05) is 12.1 Å². The Morgan fingerprint density at radius 3 is 2.65 bits per heavy atom. The van der Waals surface area contributed by atoms with E-state index in [1.165, 1.54) is 17.9 Å². The molecule has 4 heteroatoms. The number of thioether (sulfide) groups is 1. The number of halogens is 1. The van der Waals surface area contributed by atoms with Gasteiger partial charge in [-0.3, -0.25) is 0 Å². The van der Waals surface area contributed by atoms with E-state index in [2.05, 4.69) is 35.8 Å². The van der Waals surface area contributed by atoms with E-state index in [1.54, 1.807) is 12.1 Å². The van der Waals surface area contributed by atoms with Crippen LogP contribution < -0.4 is 5.32 Å². The fraction of sp³-hybridized carbons (Fsp3) is 0.625. The average Bonchev–Trinajstić information content (AvgIpc) is 2.40. The minimum atomic E-state index is -0.168. The van der Waals surface area contributed by atoms with Crippen LogP contribution in [0.15, 0.2) is 24.3 Å². The van der Waals surface area contributed by atoms with Gasteiger partial charge >= 0.3 is 0 Å². The molecule has 112 valence electrons. The van der Waals surface area contributed by atoms with Gasteiger partial charge in [0.2, 0.25) is 0 Å². The summed E-state index contributed by atoms with van der Waals surface area (Å²) in [4.78, 5) is 2.55. The van der Waals surface area contributed by atoms with Crippen LogP contribution >= 0.6 is 11.8 Å². The van der Waals surface area contributed by atoms with Gasteiger partial charge in [-0.2, -0.15) is 11.8 Å². The molecule has 1 aliphatic rings. The zero-order valence-electron chi connectivity index (χ0n) is 12.7. The first-order chi connectivity index (χ1) is 9.50. The largest absolute Gasteiger partial charge is 0.313 e. The lowest BCUT2D eigenvalue weighted by molar-refractivity contribution is 0.247. The molecule has 1 fully saturated rings. The van der Waals surface area contributed by atoms with Crippen LogP contribution in [0.4, 0.5) is 4.39 Å². The fourth-order valence-corrected chi connectivity index (χ4v) is 3.97. The van der Waals surface area contributed by atoms with E-state index >= 15 is 0 Å². The molecule has 2 nitrogen and oxygen atoms in total. The lowest BCUT2D eigenvalue weighted by Gasteiger charge is -2.38. The molecule has 0 bridgehead atoms. The van der Waals surface area contributed by atoms with Gasteiger partial charge in [-0.15, -0.1) is 0 Å². The van der Waals surface area contributed by atoms with Crippen LogP contribution in [-0.2, 0) is 0 Å². The van der Waals surface area contributed by atoms with Crippen LogP contribution in [0.3, 0.4) is 0 Å². The molecule has 0 saturated carbocycles. The van der Waals surface area contributed by atoms with E-state index in [-0.39, 0.29) is 5.82 Å². The van der Waals surface area contributed by atoms with Crippen molar-refractivity contribution in [2.45, 2.75) is 31.1 Å². The second-order valence-corrected chi connectivity index (χ2v) is 7.87. The fourth-order valence-electron chi connectivity index (χ4n) is 2.79. The SMILES string of the molecule is CNC(CCN1CCSC(C)(C)C1)c1ccc(F)cc1. The van der Waals surface area contributed by atoms with Crippen molar-refractivity contribution in [2.75, 3.05) is 32.4 Å². The highest BCUT2D eigenvalue weighted by atomic mass is 32.2. The third-order valence-electron chi connectivity index (χ3n) is 3.86. The van der Waals surface area contributed by atoms with Crippen molar-refractivity contribution < 1.29 is 4.39 Å². The van der Waals surface area contributed by atoms with Crippen LogP contribution in [0.25, 0.3) is 0 Å². The number of hydrogen-bond donors (Lipinski definition) is 1. The first-order valence-corrected chi connectivity index (χ1v) is 8.28. The normalized spacial score (nSPS) is 20.8. The Morgan fingerprint density at radius 2 is 2.05 bits per heavy atom. The zero-order valence-corrected chi connectivity index (χ0v) is 13.5. The number of benzene rings is 1. The van der Waals surface area contributed by atoms with Crippen molar-refractivity contribution in [2.24, 2.45) is 0 Å². The molecule has 0 spiro atoms. The summed E-state index contributed by atoms with van der Waals surface area (Å²) in [6, 6.07) is 7.15. The number of nitrogens with one attached hydrogen (secondary N) is 1. The van der Waals surface area contributed by atoms with Crippen LogP contribution in [0.2, 0.25) is 0 Å². The van der Waals surface area contributed by atoms with Gasteiger partial charge < -0.3 is 10.2 Å². The van der Waals surface area contributed by atoms with Gasteiger partial charge in [0, 0.05) is 36.2 Å². The maximum absolute atomic E-state index is 13.0. The molecule has 0 aliphatic carbocycles. The minimum absolute atomic E-state index is 0.168. The second-order valence-electron chi connectivity index (χ2n) is 6.07. The van der Waals surface area contributed by atoms with Crippen molar-refractivity contribution in [1.29, 1.82) is 0 Å². The van der Waals surface area contributed by atoms with E-state index in [0.29, 0.717) is 10.8 Å². The molecule has 1 saturated heterocycles. The summed E-state index contributed by atoms with van der Waals surface area (Å²) < 4.78 is 13.3. The zero-order chi connectivity index (χ0) is 14.6. The maximum Gasteiger partial charge on any atom is 0.123 e. The molecule has 1 heterocycles. The smallest absolute Gasteiger partial charge is 0.123 e. The van der Waals surface area contributed by atoms with Gasteiger partial charge in [0.15, 0.2) is 0 Å². The Kier molecular flexibility index (Phi) is 5.47. The van der Waals surface area contributed by atoms with E-state index in [4.69, 9.17) is 0 Å². The quantitative estimate of drug-likeness (QED) is 0.897. The third kappa shape index (κ3) is 4.47. The van der Waals surface area contributed by atoms with Gasteiger partial charge in [0.05, 0.1) is 0 Å². The molecular weight excluding hydrogens is 271 g/mol. The van der Waals surface area contributed by atoms with E-state index in [0.717, 1.165) is 19.5 Å². The maximum atomic E-state index is 13.0. The molecule has 0 aromatic heterocycles. The Balaban J connectivity index is 1.89. The molecule has 1 aromatic carbocycles. The van der Waals surface area contributed by atoms with Gasteiger partial charge in [0.1, 0.15) is 5.82 Å². The van der Waals surface area contributed by atoms with Crippen molar-refractivity contribution >= 4 is 11.8 Å². The summed E-state index contributed by atoms with van der Waals surface area (Å²) in [5, 5.41) is 3.34. The number of hydrogen-bond acceptors (Lipinski definition) is 3. The highest BCUT2D eigenvalue weighted by Crippen LogP contribution is 2.30. The average molecular weight is 296 g/mol. The minimum Gasteiger partial charge on any atom is -0.313 e. The number of nitrogens with zero attached hydrogens (tertiary/aromatic N) is 1. The predicted octanol–water partition coefficient (Wildman–Crippen LogP) is 3.30. The number of rotatable bonds is 5. The molecular formula is C16H25FN2S. The Labute approximate surface area is 126 Å². The summed E-state index contributed by atoms with van der Waals surface area (Å²) in [6.07, 6.45) is 1.06. The van der Waals surface area contributed by atoms with Crippen molar-refractivity contribution in [3.8, 4) is 0 Å². The molecule has 1 atom stereocenters. The van der Waals surface area contributed by atoms with Crippen molar-refractivity contribution in [3.63, 3.8) is 0 Å². The van der Waals surface area contributed by atoms with Crippen molar-refractivity contribution in [1.82, 2.24) is 10.2 Å². The highest BCUT2D eigenvalue weighted by Gasteiger charge is 2.27. The van der Waals surface area contributed by atoms with Gasteiger partial charge in [-0.05, 0) is 45.0 Å². The molecule has 1 aliphatic heterocycles. The summed E-state index contributed by atoms with van der Waals surface area (Å²) >= 11 is 2.06. The van der Waals surface area contributed by atoms with E-state index in [1.807, 2.05) is 19.2 Å². The first-order valence-electron chi connectivity index (χ1n) is 7.29. The molecule has 1 unspecified atom stereocenters. The Morgan fingerprint density at radius 1 is 1.35 bits per heavy atom. The van der Waals surface area contributed by atoms with Crippen molar-refractivity contribution in [3.05, 3.63) is 35.6 Å². The molecule has 2 rings (SSSR count). The van der Waals surface area contributed by atoms with Gasteiger partial charge in [0.25, 0.3) is 0 Å². The monoisotopic (exact) mass is 296 g/mol. The van der Waals surface area contributed by atoms with Crippen LogP contribution in [0.5, 0.6) is 0 Å². The summed E-state index contributed by atoms with van der Waals surface area (Å²) in [7, 11) is 1.98. The van der Waals surface area contributed by atoms with E-state index in [9.17, 15) is 4.39 Å².